The van der Waals surface area contributed by atoms with Crippen LogP contribution in [0.3, 0.4) is 0 Å². The summed E-state index contributed by atoms with van der Waals surface area (Å²) in [6.45, 7) is 8.42. The van der Waals surface area contributed by atoms with Crippen molar-refractivity contribution in [2.45, 2.75) is 25.9 Å². The van der Waals surface area contributed by atoms with Gasteiger partial charge in [-0.1, -0.05) is 25.6 Å². The van der Waals surface area contributed by atoms with E-state index in [0.29, 0.717) is 11.7 Å². The predicted molar refractivity (Wildman–Crippen MR) is 74.3 cm³/mol. The molecule has 0 aliphatic rings. The number of hydrazine groups is 1. The average molecular weight is 255 g/mol. The summed E-state index contributed by atoms with van der Waals surface area (Å²) in [4.78, 5) is 11.0. The minimum Gasteiger partial charge on any atom is -0.356 e. The molecular formula is C11H21N5S. The quantitative estimate of drug-likeness (QED) is 0.350. The number of hydrogen-bond acceptors (Lipinski definition) is 6. The van der Waals surface area contributed by atoms with Gasteiger partial charge in [-0.25, -0.2) is 15.8 Å². The van der Waals surface area contributed by atoms with E-state index in [1.807, 2.05) is 12.3 Å². The first-order valence-corrected chi connectivity index (χ1v) is 6.97. The minimum atomic E-state index is 0.594. The van der Waals surface area contributed by atoms with E-state index in [1.165, 1.54) is 11.8 Å². The van der Waals surface area contributed by atoms with Crippen LogP contribution in [0.25, 0.3) is 0 Å². The molecule has 0 radical (unpaired) electrons. The first kappa shape index (κ1) is 14.1. The minimum absolute atomic E-state index is 0.594. The van der Waals surface area contributed by atoms with Crippen LogP contribution in [-0.2, 0) is 0 Å². The lowest BCUT2D eigenvalue weighted by molar-refractivity contribution is 0.612. The number of thioether (sulfide) groups is 1. The van der Waals surface area contributed by atoms with Gasteiger partial charge >= 0.3 is 0 Å². The molecule has 0 unspecified atom stereocenters. The predicted octanol–water partition coefficient (Wildman–Crippen LogP) is 1.97. The fourth-order valence-corrected chi connectivity index (χ4v) is 1.94. The molecule has 1 aromatic heterocycles. The summed E-state index contributed by atoms with van der Waals surface area (Å²) in [7, 11) is 0. The standard InChI is InChI=1S/C11H21N5S/c1-5-16(7-8(2)3)10-6-9(15-12)13-11(14-10)17-4/h6,8H,5,7,12H2,1-4H3,(H,13,14,15). The Morgan fingerprint density at radius 2 is 2.18 bits per heavy atom. The van der Waals surface area contributed by atoms with Gasteiger partial charge in [0.1, 0.15) is 11.6 Å². The SMILES string of the molecule is CCN(CC(C)C)c1cc(NN)nc(SC)n1. The molecule has 0 aliphatic carbocycles. The summed E-state index contributed by atoms with van der Waals surface area (Å²) in [5, 5.41) is 0.734. The zero-order valence-corrected chi connectivity index (χ0v) is 11.7. The van der Waals surface area contributed by atoms with Crippen LogP contribution >= 0.6 is 11.8 Å². The van der Waals surface area contributed by atoms with E-state index in [2.05, 4.69) is 41.1 Å². The molecular weight excluding hydrogens is 234 g/mol. The number of hydrogen-bond donors (Lipinski definition) is 2. The fraction of sp³-hybridized carbons (Fsp3) is 0.636. The van der Waals surface area contributed by atoms with Crippen LogP contribution in [0.4, 0.5) is 11.6 Å². The molecule has 0 amide bonds. The Morgan fingerprint density at radius 3 is 2.65 bits per heavy atom. The van der Waals surface area contributed by atoms with Crippen molar-refractivity contribution in [1.82, 2.24) is 9.97 Å². The Hall–Kier alpha value is -1.01. The second-order valence-corrected chi connectivity index (χ2v) is 4.95. The topological polar surface area (TPSA) is 67.1 Å². The lowest BCUT2D eigenvalue weighted by Crippen LogP contribution is -2.28. The number of anilines is 2. The molecule has 0 bridgehead atoms. The van der Waals surface area contributed by atoms with Gasteiger partial charge in [-0.3, -0.25) is 0 Å². The number of aromatic nitrogens is 2. The maximum atomic E-state index is 5.42. The summed E-state index contributed by atoms with van der Waals surface area (Å²) in [5.74, 6) is 7.59. The van der Waals surface area contributed by atoms with Gasteiger partial charge in [0.15, 0.2) is 5.16 Å². The third kappa shape index (κ3) is 4.05. The van der Waals surface area contributed by atoms with Crippen molar-refractivity contribution < 1.29 is 0 Å². The molecule has 0 fully saturated rings. The van der Waals surface area contributed by atoms with E-state index in [4.69, 9.17) is 5.84 Å². The summed E-state index contributed by atoms with van der Waals surface area (Å²) in [5.41, 5.74) is 2.58. The van der Waals surface area contributed by atoms with E-state index in [-0.39, 0.29) is 0 Å². The fourth-order valence-electron chi connectivity index (χ4n) is 1.57. The van der Waals surface area contributed by atoms with Crippen molar-refractivity contribution in [1.29, 1.82) is 0 Å². The van der Waals surface area contributed by atoms with Crippen molar-refractivity contribution >= 4 is 23.4 Å². The van der Waals surface area contributed by atoms with Crippen LogP contribution in [-0.4, -0.2) is 29.3 Å². The molecule has 96 valence electrons. The highest BCUT2D eigenvalue weighted by Crippen LogP contribution is 2.20. The van der Waals surface area contributed by atoms with Crippen LogP contribution in [0, 0.1) is 5.92 Å². The molecule has 0 saturated heterocycles. The van der Waals surface area contributed by atoms with Gasteiger partial charge in [-0.15, -0.1) is 0 Å². The number of nitrogen functional groups attached to an aromatic ring is 1. The lowest BCUT2D eigenvalue weighted by atomic mass is 10.2. The molecule has 1 heterocycles. The number of nitrogens with zero attached hydrogens (tertiary/aromatic N) is 3. The largest absolute Gasteiger partial charge is 0.356 e. The second-order valence-electron chi connectivity index (χ2n) is 4.17. The monoisotopic (exact) mass is 255 g/mol. The third-order valence-electron chi connectivity index (χ3n) is 2.31. The summed E-state index contributed by atoms with van der Waals surface area (Å²) < 4.78 is 0. The van der Waals surface area contributed by atoms with Crippen LogP contribution in [0.1, 0.15) is 20.8 Å². The Bertz CT molecular complexity index is 333. The highest BCUT2D eigenvalue weighted by Gasteiger charge is 2.11. The Kier molecular flexibility index (Phi) is 5.50. The van der Waals surface area contributed by atoms with Gasteiger partial charge in [0.05, 0.1) is 0 Å². The summed E-state index contributed by atoms with van der Waals surface area (Å²) >= 11 is 1.51. The number of rotatable bonds is 6. The Morgan fingerprint density at radius 1 is 1.47 bits per heavy atom. The van der Waals surface area contributed by atoms with Crippen molar-refractivity contribution in [3.8, 4) is 0 Å². The summed E-state index contributed by atoms with van der Waals surface area (Å²) in [6.07, 6.45) is 1.96. The van der Waals surface area contributed by atoms with E-state index in [0.717, 1.165) is 24.1 Å². The Balaban J connectivity index is 3.00. The van der Waals surface area contributed by atoms with Gasteiger partial charge in [0.2, 0.25) is 0 Å². The van der Waals surface area contributed by atoms with Gasteiger partial charge in [0, 0.05) is 19.2 Å². The Labute approximate surface area is 107 Å². The van der Waals surface area contributed by atoms with Gasteiger partial charge < -0.3 is 10.3 Å². The number of nitrogens with one attached hydrogen (secondary N) is 1. The first-order valence-electron chi connectivity index (χ1n) is 5.75. The van der Waals surface area contributed by atoms with Crippen molar-refractivity contribution in [2.75, 3.05) is 29.7 Å². The van der Waals surface area contributed by atoms with Gasteiger partial charge in [-0.2, -0.15) is 0 Å². The normalized spacial score (nSPS) is 10.7. The van der Waals surface area contributed by atoms with E-state index in [9.17, 15) is 0 Å². The molecule has 1 rings (SSSR count). The molecule has 0 aliphatic heterocycles. The highest BCUT2D eigenvalue weighted by molar-refractivity contribution is 7.98. The summed E-state index contributed by atoms with van der Waals surface area (Å²) in [6, 6.07) is 1.88. The number of nitrogens with two attached hydrogens (primary N) is 1. The molecule has 5 nitrogen and oxygen atoms in total. The van der Waals surface area contributed by atoms with E-state index >= 15 is 0 Å². The molecule has 3 N–H and O–H groups in total. The third-order valence-corrected chi connectivity index (χ3v) is 2.86. The van der Waals surface area contributed by atoms with Crippen molar-refractivity contribution in [3.63, 3.8) is 0 Å². The van der Waals surface area contributed by atoms with Crippen LogP contribution in [0.15, 0.2) is 11.2 Å². The molecule has 0 saturated carbocycles. The maximum Gasteiger partial charge on any atom is 0.191 e. The van der Waals surface area contributed by atoms with Crippen LogP contribution in [0.5, 0.6) is 0 Å². The molecule has 6 heteroatoms. The van der Waals surface area contributed by atoms with E-state index in [1.54, 1.807) is 0 Å². The maximum absolute atomic E-state index is 5.42. The molecule has 0 spiro atoms. The molecule has 0 atom stereocenters. The van der Waals surface area contributed by atoms with E-state index < -0.39 is 0 Å². The van der Waals surface area contributed by atoms with Crippen molar-refractivity contribution in [3.05, 3.63) is 6.07 Å². The highest BCUT2D eigenvalue weighted by atomic mass is 32.2. The first-order chi connectivity index (χ1) is 8.10. The molecule has 17 heavy (non-hydrogen) atoms. The van der Waals surface area contributed by atoms with Gasteiger partial charge in [-0.05, 0) is 19.1 Å². The molecule has 0 aromatic carbocycles. The van der Waals surface area contributed by atoms with Crippen LogP contribution in [0.2, 0.25) is 0 Å². The zero-order chi connectivity index (χ0) is 12.8. The van der Waals surface area contributed by atoms with Crippen molar-refractivity contribution in [2.24, 2.45) is 11.8 Å². The average Bonchev–Trinajstić information content (AvgIpc) is 2.34. The molecule has 1 aromatic rings. The second kappa shape index (κ2) is 6.66. The lowest BCUT2D eigenvalue weighted by Gasteiger charge is -2.24. The van der Waals surface area contributed by atoms with Crippen LogP contribution < -0.4 is 16.2 Å². The zero-order valence-electron chi connectivity index (χ0n) is 10.9. The van der Waals surface area contributed by atoms with Gasteiger partial charge in [0.25, 0.3) is 0 Å². The smallest absolute Gasteiger partial charge is 0.191 e.